The summed E-state index contributed by atoms with van der Waals surface area (Å²) in [5.74, 6) is 0.682. The number of nitrogens with zero attached hydrogens (tertiary/aromatic N) is 1. The monoisotopic (exact) mass is 317 g/mol. The Morgan fingerprint density at radius 2 is 2.20 bits per heavy atom. The zero-order valence-electron chi connectivity index (χ0n) is 11.8. The molecular formula is C14H20ClNO3S. The second kappa shape index (κ2) is 6.43. The first-order chi connectivity index (χ1) is 9.48. The molecule has 1 aromatic carbocycles. The van der Waals surface area contributed by atoms with Crippen molar-refractivity contribution in [2.75, 3.05) is 20.2 Å². The molecule has 0 N–H and O–H groups in total. The average molecular weight is 318 g/mol. The largest absolute Gasteiger partial charge is 0.380 e. The van der Waals surface area contributed by atoms with Crippen LogP contribution in [0.2, 0.25) is 0 Å². The Hall–Kier alpha value is -0.620. The van der Waals surface area contributed by atoms with E-state index in [1.54, 1.807) is 25.3 Å². The smallest absolute Gasteiger partial charge is 0.243 e. The van der Waals surface area contributed by atoms with Gasteiger partial charge < -0.3 is 4.74 Å². The molecule has 0 aromatic heterocycles. The molecule has 0 spiro atoms. The standard InChI is InChI=1S/C14H20ClNO3S/c1-11-6-7-16(10-14(11)19-2)20(17,18)13-5-3-4-12(8-13)9-15/h3-5,8,11,14H,6-7,9-10H2,1-2H3. The Kier molecular flexibility index (Phi) is 5.07. The number of methoxy groups -OCH3 is 1. The van der Waals surface area contributed by atoms with Gasteiger partial charge in [-0.05, 0) is 30.0 Å². The number of ether oxygens (including phenoxy) is 1. The van der Waals surface area contributed by atoms with Crippen molar-refractivity contribution < 1.29 is 13.2 Å². The summed E-state index contributed by atoms with van der Waals surface area (Å²) in [6.45, 7) is 3.03. The lowest BCUT2D eigenvalue weighted by Gasteiger charge is -2.35. The van der Waals surface area contributed by atoms with Crippen molar-refractivity contribution in [3.63, 3.8) is 0 Å². The van der Waals surface area contributed by atoms with Crippen LogP contribution in [0.25, 0.3) is 0 Å². The van der Waals surface area contributed by atoms with Crippen LogP contribution in [0.1, 0.15) is 18.9 Å². The van der Waals surface area contributed by atoms with Crippen LogP contribution in [0.3, 0.4) is 0 Å². The van der Waals surface area contributed by atoms with Gasteiger partial charge in [-0.1, -0.05) is 19.1 Å². The van der Waals surface area contributed by atoms with Crippen molar-refractivity contribution in [2.45, 2.75) is 30.2 Å². The van der Waals surface area contributed by atoms with E-state index >= 15 is 0 Å². The molecule has 0 amide bonds. The molecule has 1 aromatic rings. The molecule has 1 saturated heterocycles. The van der Waals surface area contributed by atoms with Gasteiger partial charge in [-0.2, -0.15) is 4.31 Å². The Morgan fingerprint density at radius 3 is 2.85 bits per heavy atom. The lowest BCUT2D eigenvalue weighted by atomic mass is 9.97. The molecule has 1 fully saturated rings. The first-order valence-electron chi connectivity index (χ1n) is 6.67. The third-order valence-corrected chi connectivity index (χ3v) is 6.02. The molecule has 112 valence electrons. The zero-order valence-corrected chi connectivity index (χ0v) is 13.3. The van der Waals surface area contributed by atoms with Gasteiger partial charge in [0.15, 0.2) is 0 Å². The van der Waals surface area contributed by atoms with Gasteiger partial charge in [-0.15, -0.1) is 11.6 Å². The molecule has 20 heavy (non-hydrogen) atoms. The number of hydrogen-bond donors (Lipinski definition) is 0. The maximum Gasteiger partial charge on any atom is 0.243 e. The molecule has 1 aliphatic heterocycles. The number of sulfonamides is 1. The molecule has 0 bridgehead atoms. The summed E-state index contributed by atoms with van der Waals surface area (Å²) >= 11 is 5.77. The normalized spacial score (nSPS) is 24.8. The van der Waals surface area contributed by atoms with Gasteiger partial charge in [0.1, 0.15) is 0 Å². The van der Waals surface area contributed by atoms with Crippen molar-refractivity contribution in [1.29, 1.82) is 0 Å². The SMILES string of the molecule is COC1CN(S(=O)(=O)c2cccc(CCl)c2)CCC1C. The Morgan fingerprint density at radius 1 is 1.45 bits per heavy atom. The van der Waals surface area contributed by atoms with Gasteiger partial charge in [0.05, 0.1) is 11.0 Å². The summed E-state index contributed by atoms with van der Waals surface area (Å²) in [6.07, 6.45) is 0.766. The Balaban J connectivity index is 2.25. The van der Waals surface area contributed by atoms with E-state index in [9.17, 15) is 8.42 Å². The number of piperidine rings is 1. The van der Waals surface area contributed by atoms with Crippen LogP contribution in [0.5, 0.6) is 0 Å². The molecule has 4 nitrogen and oxygen atoms in total. The van der Waals surface area contributed by atoms with Crippen LogP contribution in [0, 0.1) is 5.92 Å². The summed E-state index contributed by atoms with van der Waals surface area (Å²) in [6, 6.07) is 6.81. The van der Waals surface area contributed by atoms with E-state index < -0.39 is 10.0 Å². The van der Waals surface area contributed by atoms with Crippen molar-refractivity contribution in [2.24, 2.45) is 5.92 Å². The molecule has 0 aliphatic carbocycles. The minimum atomic E-state index is -3.47. The van der Waals surface area contributed by atoms with Crippen LogP contribution in [0.4, 0.5) is 0 Å². The van der Waals surface area contributed by atoms with Crippen molar-refractivity contribution in [3.05, 3.63) is 29.8 Å². The minimum absolute atomic E-state index is 0.0465. The van der Waals surface area contributed by atoms with E-state index in [1.807, 2.05) is 6.07 Å². The van der Waals surface area contributed by atoms with Gasteiger partial charge in [-0.3, -0.25) is 0 Å². The topological polar surface area (TPSA) is 46.6 Å². The maximum absolute atomic E-state index is 12.7. The van der Waals surface area contributed by atoms with E-state index in [4.69, 9.17) is 16.3 Å². The van der Waals surface area contributed by atoms with Crippen molar-refractivity contribution in [3.8, 4) is 0 Å². The van der Waals surface area contributed by atoms with Crippen LogP contribution in [0.15, 0.2) is 29.2 Å². The molecular weight excluding hydrogens is 298 g/mol. The third-order valence-electron chi connectivity index (χ3n) is 3.85. The zero-order chi connectivity index (χ0) is 14.8. The Bertz CT molecular complexity index is 561. The number of hydrogen-bond acceptors (Lipinski definition) is 3. The Labute approximate surface area is 125 Å². The van der Waals surface area contributed by atoms with Crippen LogP contribution in [-0.2, 0) is 20.6 Å². The van der Waals surface area contributed by atoms with Gasteiger partial charge in [-0.25, -0.2) is 8.42 Å². The average Bonchev–Trinajstić information content (AvgIpc) is 2.47. The lowest BCUT2D eigenvalue weighted by molar-refractivity contribution is 0.0184. The highest BCUT2D eigenvalue weighted by molar-refractivity contribution is 7.89. The molecule has 1 aliphatic rings. The lowest BCUT2D eigenvalue weighted by Crippen LogP contribution is -2.46. The van der Waals surface area contributed by atoms with Gasteiger partial charge in [0.2, 0.25) is 10.0 Å². The fourth-order valence-corrected chi connectivity index (χ4v) is 4.17. The number of halogens is 1. The third kappa shape index (κ3) is 3.17. The summed E-state index contributed by atoms with van der Waals surface area (Å²) in [5, 5.41) is 0. The molecule has 0 radical (unpaired) electrons. The number of alkyl halides is 1. The van der Waals surface area contributed by atoms with E-state index in [-0.39, 0.29) is 6.10 Å². The maximum atomic E-state index is 12.7. The van der Waals surface area contributed by atoms with Gasteiger partial charge >= 0.3 is 0 Å². The predicted molar refractivity (Wildman–Crippen MR) is 79.3 cm³/mol. The molecule has 2 atom stereocenters. The first kappa shape index (κ1) is 15.8. The van der Waals surface area contributed by atoms with Crippen molar-refractivity contribution in [1.82, 2.24) is 4.31 Å². The fraction of sp³-hybridized carbons (Fsp3) is 0.571. The second-order valence-corrected chi connectivity index (χ2v) is 7.39. The minimum Gasteiger partial charge on any atom is -0.380 e. The van der Waals surface area contributed by atoms with E-state index in [0.717, 1.165) is 12.0 Å². The number of rotatable bonds is 4. The predicted octanol–water partition coefficient (Wildman–Crippen LogP) is 2.47. The van der Waals surface area contributed by atoms with Crippen LogP contribution in [-0.4, -0.2) is 39.0 Å². The van der Waals surface area contributed by atoms with E-state index in [1.165, 1.54) is 4.31 Å². The van der Waals surface area contributed by atoms with E-state index in [0.29, 0.717) is 29.8 Å². The van der Waals surface area contributed by atoms with E-state index in [2.05, 4.69) is 6.92 Å². The summed E-state index contributed by atoms with van der Waals surface area (Å²) in [4.78, 5) is 0.306. The quantitative estimate of drug-likeness (QED) is 0.801. The highest BCUT2D eigenvalue weighted by Crippen LogP contribution is 2.25. The molecule has 6 heteroatoms. The number of benzene rings is 1. The fourth-order valence-electron chi connectivity index (χ4n) is 2.47. The first-order valence-corrected chi connectivity index (χ1v) is 8.64. The van der Waals surface area contributed by atoms with Crippen LogP contribution < -0.4 is 0 Å². The van der Waals surface area contributed by atoms with Gasteiger partial charge in [0, 0.05) is 26.1 Å². The highest BCUT2D eigenvalue weighted by atomic mass is 35.5. The summed E-state index contributed by atoms with van der Waals surface area (Å²) < 4.78 is 32.2. The highest BCUT2D eigenvalue weighted by Gasteiger charge is 2.33. The summed E-state index contributed by atoms with van der Waals surface area (Å²) in [7, 11) is -1.84. The van der Waals surface area contributed by atoms with Crippen molar-refractivity contribution >= 4 is 21.6 Å². The molecule has 0 saturated carbocycles. The molecule has 2 rings (SSSR count). The van der Waals surface area contributed by atoms with Crippen LogP contribution >= 0.6 is 11.6 Å². The second-order valence-electron chi connectivity index (χ2n) is 5.18. The summed E-state index contributed by atoms with van der Waals surface area (Å²) in [5.41, 5.74) is 0.807. The van der Waals surface area contributed by atoms with Gasteiger partial charge in [0.25, 0.3) is 0 Å². The molecule has 2 unspecified atom stereocenters. The molecule has 1 heterocycles.